The maximum absolute atomic E-state index is 12.0. The summed E-state index contributed by atoms with van der Waals surface area (Å²) in [4.78, 5) is 12.6. The van der Waals surface area contributed by atoms with Crippen LogP contribution in [0.25, 0.3) is 0 Å². The standard InChI is InChI=1S/C11H7Cl2NOS/c12-7-4-6(5-8(13)10(7)14)11(15)9-2-1-3-16-9/h1-5H,14H2. The molecule has 5 heteroatoms. The van der Waals surface area contributed by atoms with Crippen LogP contribution in [0.1, 0.15) is 15.2 Å². The minimum Gasteiger partial charge on any atom is -0.396 e. The number of halogens is 2. The van der Waals surface area contributed by atoms with E-state index in [1.54, 1.807) is 6.07 Å². The molecule has 1 heterocycles. The molecule has 0 bridgehead atoms. The van der Waals surface area contributed by atoms with Crippen molar-refractivity contribution in [1.82, 2.24) is 0 Å². The first-order valence-electron chi connectivity index (χ1n) is 4.42. The summed E-state index contributed by atoms with van der Waals surface area (Å²) in [6.45, 7) is 0. The van der Waals surface area contributed by atoms with Gasteiger partial charge in [0.2, 0.25) is 5.78 Å². The molecule has 0 fully saturated rings. The number of hydrogen-bond acceptors (Lipinski definition) is 3. The van der Waals surface area contributed by atoms with Gasteiger partial charge in [-0.3, -0.25) is 4.79 Å². The minimum atomic E-state index is -0.0983. The van der Waals surface area contributed by atoms with E-state index in [1.165, 1.54) is 23.5 Å². The lowest BCUT2D eigenvalue weighted by atomic mass is 10.1. The molecule has 0 unspecified atom stereocenters. The third-order valence-electron chi connectivity index (χ3n) is 2.09. The SMILES string of the molecule is Nc1c(Cl)cc(C(=O)c2cccs2)cc1Cl. The fourth-order valence-corrected chi connectivity index (χ4v) is 2.44. The zero-order chi connectivity index (χ0) is 11.7. The number of nitrogen functional groups attached to an aromatic ring is 1. The van der Waals surface area contributed by atoms with Gasteiger partial charge in [-0.1, -0.05) is 29.3 Å². The van der Waals surface area contributed by atoms with Crippen LogP contribution in [-0.4, -0.2) is 5.78 Å². The van der Waals surface area contributed by atoms with E-state index in [0.717, 1.165) is 0 Å². The first-order valence-corrected chi connectivity index (χ1v) is 6.06. The van der Waals surface area contributed by atoms with E-state index >= 15 is 0 Å². The van der Waals surface area contributed by atoms with E-state index in [0.29, 0.717) is 26.2 Å². The summed E-state index contributed by atoms with van der Waals surface area (Å²) in [7, 11) is 0. The highest BCUT2D eigenvalue weighted by molar-refractivity contribution is 7.12. The molecule has 0 aliphatic heterocycles. The van der Waals surface area contributed by atoms with Crippen LogP contribution in [0.2, 0.25) is 10.0 Å². The summed E-state index contributed by atoms with van der Waals surface area (Å²) in [5, 5.41) is 2.44. The predicted molar refractivity (Wildman–Crippen MR) is 68.6 cm³/mol. The van der Waals surface area contributed by atoms with Crippen LogP contribution in [0.4, 0.5) is 5.69 Å². The summed E-state index contributed by atoms with van der Waals surface area (Å²) in [6.07, 6.45) is 0. The smallest absolute Gasteiger partial charge is 0.203 e. The normalized spacial score (nSPS) is 10.4. The first kappa shape index (κ1) is 11.5. The maximum Gasteiger partial charge on any atom is 0.203 e. The molecular formula is C11H7Cl2NOS. The van der Waals surface area contributed by atoms with Crippen molar-refractivity contribution < 1.29 is 4.79 Å². The molecule has 82 valence electrons. The highest BCUT2D eigenvalue weighted by atomic mass is 35.5. The Labute approximate surface area is 107 Å². The maximum atomic E-state index is 12.0. The summed E-state index contributed by atoms with van der Waals surface area (Å²) < 4.78 is 0. The molecule has 2 N–H and O–H groups in total. The van der Waals surface area contributed by atoms with Crippen LogP contribution in [0.15, 0.2) is 29.6 Å². The largest absolute Gasteiger partial charge is 0.396 e. The number of nitrogens with two attached hydrogens (primary N) is 1. The highest BCUT2D eigenvalue weighted by Crippen LogP contribution is 2.30. The Morgan fingerprint density at radius 1 is 1.25 bits per heavy atom. The lowest BCUT2D eigenvalue weighted by molar-refractivity contribution is 0.104. The molecule has 0 saturated carbocycles. The van der Waals surface area contributed by atoms with Crippen LogP contribution in [-0.2, 0) is 0 Å². The molecule has 0 aliphatic carbocycles. The Morgan fingerprint density at radius 3 is 2.38 bits per heavy atom. The molecule has 2 nitrogen and oxygen atoms in total. The van der Waals surface area contributed by atoms with Gasteiger partial charge in [0, 0.05) is 5.56 Å². The summed E-state index contributed by atoms with van der Waals surface area (Å²) >= 11 is 13.1. The molecular weight excluding hydrogens is 265 g/mol. The van der Waals surface area contributed by atoms with Crippen molar-refractivity contribution in [2.45, 2.75) is 0 Å². The summed E-state index contributed by atoms with van der Waals surface area (Å²) in [5.41, 5.74) is 6.34. The monoisotopic (exact) mass is 271 g/mol. The molecule has 16 heavy (non-hydrogen) atoms. The Bertz CT molecular complexity index is 514. The predicted octanol–water partition coefficient (Wildman–Crippen LogP) is 3.87. The van der Waals surface area contributed by atoms with Crippen LogP contribution >= 0.6 is 34.5 Å². The third kappa shape index (κ3) is 2.07. The van der Waals surface area contributed by atoms with Crippen LogP contribution in [0.5, 0.6) is 0 Å². The number of hydrogen-bond donors (Lipinski definition) is 1. The van der Waals surface area contributed by atoms with Gasteiger partial charge >= 0.3 is 0 Å². The second kappa shape index (κ2) is 4.45. The topological polar surface area (TPSA) is 43.1 Å². The van der Waals surface area contributed by atoms with Gasteiger partial charge in [0.15, 0.2) is 0 Å². The van der Waals surface area contributed by atoms with Crippen molar-refractivity contribution >= 4 is 46.0 Å². The van der Waals surface area contributed by atoms with Gasteiger partial charge in [-0.25, -0.2) is 0 Å². The van der Waals surface area contributed by atoms with E-state index in [1.807, 2.05) is 11.4 Å². The number of carbonyl (C=O) groups excluding carboxylic acids is 1. The van der Waals surface area contributed by atoms with Gasteiger partial charge in [-0.05, 0) is 23.6 Å². The van der Waals surface area contributed by atoms with Crippen molar-refractivity contribution in [3.8, 4) is 0 Å². The lowest BCUT2D eigenvalue weighted by Gasteiger charge is -2.04. The number of rotatable bonds is 2. The number of carbonyl (C=O) groups is 1. The molecule has 0 amide bonds. The molecule has 1 aromatic carbocycles. The van der Waals surface area contributed by atoms with Crippen LogP contribution in [0, 0.1) is 0 Å². The Kier molecular flexibility index (Phi) is 3.19. The molecule has 0 aliphatic rings. The fraction of sp³-hybridized carbons (Fsp3) is 0. The van der Waals surface area contributed by atoms with Gasteiger partial charge in [-0.15, -0.1) is 11.3 Å². The Morgan fingerprint density at radius 2 is 1.88 bits per heavy atom. The first-order chi connectivity index (χ1) is 7.59. The Balaban J connectivity index is 2.46. The summed E-state index contributed by atoms with van der Waals surface area (Å²) in [6, 6.07) is 6.64. The zero-order valence-electron chi connectivity index (χ0n) is 8.04. The molecule has 0 radical (unpaired) electrons. The fourth-order valence-electron chi connectivity index (χ4n) is 1.27. The lowest BCUT2D eigenvalue weighted by Crippen LogP contribution is -2.00. The minimum absolute atomic E-state index is 0.0983. The van der Waals surface area contributed by atoms with E-state index in [-0.39, 0.29) is 5.78 Å². The molecule has 0 saturated heterocycles. The number of benzene rings is 1. The van der Waals surface area contributed by atoms with Crippen LogP contribution in [0.3, 0.4) is 0 Å². The quantitative estimate of drug-likeness (QED) is 0.666. The van der Waals surface area contributed by atoms with Gasteiger partial charge in [-0.2, -0.15) is 0 Å². The number of thiophene rings is 1. The van der Waals surface area contributed by atoms with E-state index in [4.69, 9.17) is 28.9 Å². The van der Waals surface area contributed by atoms with Crippen molar-refractivity contribution in [2.75, 3.05) is 5.73 Å². The number of ketones is 1. The summed E-state index contributed by atoms with van der Waals surface area (Å²) in [5.74, 6) is -0.0983. The van der Waals surface area contributed by atoms with Gasteiger partial charge in [0.05, 0.1) is 20.6 Å². The molecule has 1 aromatic heterocycles. The van der Waals surface area contributed by atoms with Gasteiger partial charge < -0.3 is 5.73 Å². The van der Waals surface area contributed by atoms with E-state index in [9.17, 15) is 4.79 Å². The average Bonchev–Trinajstić information content (AvgIpc) is 2.77. The van der Waals surface area contributed by atoms with E-state index in [2.05, 4.69) is 0 Å². The molecule has 2 aromatic rings. The van der Waals surface area contributed by atoms with E-state index < -0.39 is 0 Å². The average molecular weight is 272 g/mol. The van der Waals surface area contributed by atoms with Gasteiger partial charge in [0.1, 0.15) is 0 Å². The Hall–Kier alpha value is -1.03. The number of anilines is 1. The highest BCUT2D eigenvalue weighted by Gasteiger charge is 2.13. The third-order valence-corrected chi connectivity index (χ3v) is 3.58. The molecule has 0 atom stereocenters. The van der Waals surface area contributed by atoms with Crippen molar-refractivity contribution in [1.29, 1.82) is 0 Å². The van der Waals surface area contributed by atoms with Crippen LogP contribution < -0.4 is 5.73 Å². The van der Waals surface area contributed by atoms with Gasteiger partial charge in [0.25, 0.3) is 0 Å². The van der Waals surface area contributed by atoms with Crippen molar-refractivity contribution in [3.63, 3.8) is 0 Å². The zero-order valence-corrected chi connectivity index (χ0v) is 10.4. The van der Waals surface area contributed by atoms with Crippen molar-refractivity contribution in [3.05, 3.63) is 50.1 Å². The molecule has 0 spiro atoms. The second-order valence-corrected chi connectivity index (χ2v) is 4.92. The molecule has 2 rings (SSSR count). The second-order valence-electron chi connectivity index (χ2n) is 3.16. The van der Waals surface area contributed by atoms with Crippen molar-refractivity contribution in [2.24, 2.45) is 0 Å².